The quantitative estimate of drug-likeness (QED) is 0.0348. The molecule has 58 heavy (non-hydrogen) atoms. The molecule has 6 heteroatoms. The van der Waals surface area contributed by atoms with Crippen LogP contribution in [0.25, 0.3) is 0 Å². The molecule has 3 unspecified atom stereocenters. The highest BCUT2D eigenvalue weighted by Crippen LogP contribution is 2.21. The molecule has 0 radical (unpaired) electrons. The molecule has 1 aliphatic rings. The van der Waals surface area contributed by atoms with E-state index >= 15 is 0 Å². The highest BCUT2D eigenvalue weighted by molar-refractivity contribution is 5.69. The van der Waals surface area contributed by atoms with Crippen LogP contribution in [0.1, 0.15) is 226 Å². The summed E-state index contributed by atoms with van der Waals surface area (Å²) in [7, 11) is 0. The number of unbranched alkanes of at least 4 members (excludes halogenated alkanes) is 16. The molecule has 0 spiro atoms. The Kier molecular flexibility index (Phi) is 38.8. The van der Waals surface area contributed by atoms with Gasteiger partial charge in [-0.25, -0.2) is 0 Å². The van der Waals surface area contributed by atoms with Crippen LogP contribution in [0.4, 0.5) is 0 Å². The molecular weight excluding hydrogens is 719 g/mol. The summed E-state index contributed by atoms with van der Waals surface area (Å²) in [5.41, 5.74) is 8.42. The molecule has 1 heterocycles. The first kappa shape index (κ1) is 54.0. The Bertz CT molecular complexity index is 1070. The van der Waals surface area contributed by atoms with Gasteiger partial charge in [-0.05, 0) is 113 Å². The Morgan fingerprint density at radius 2 is 1.12 bits per heavy atom. The monoisotopic (exact) mass is 812 g/mol. The molecule has 0 aromatic carbocycles. The summed E-state index contributed by atoms with van der Waals surface area (Å²) in [6.07, 6.45) is 39.5. The fourth-order valence-electron chi connectivity index (χ4n) is 8.21. The summed E-state index contributed by atoms with van der Waals surface area (Å²) in [4.78, 5) is 27.1. The lowest BCUT2D eigenvalue weighted by molar-refractivity contribution is -0.145. The van der Waals surface area contributed by atoms with Crippen LogP contribution in [-0.2, 0) is 23.8 Å². The number of piperidine rings is 1. The molecule has 0 amide bonds. The van der Waals surface area contributed by atoms with Gasteiger partial charge in [0.1, 0.15) is 0 Å². The summed E-state index contributed by atoms with van der Waals surface area (Å²) < 4.78 is 17.4. The van der Waals surface area contributed by atoms with Crippen LogP contribution in [0.15, 0.2) is 29.8 Å². The van der Waals surface area contributed by atoms with Gasteiger partial charge in [-0.1, -0.05) is 161 Å². The molecule has 336 valence electrons. The topological polar surface area (TPSA) is 65.1 Å². The van der Waals surface area contributed by atoms with Crippen LogP contribution in [0.5, 0.6) is 0 Å². The van der Waals surface area contributed by atoms with Crippen LogP contribution in [0, 0.1) is 17.8 Å². The molecule has 0 N–H and O–H groups in total. The second-order valence-corrected chi connectivity index (χ2v) is 17.7. The minimum Gasteiger partial charge on any atom is -0.466 e. The van der Waals surface area contributed by atoms with Crippen molar-refractivity contribution in [2.75, 3.05) is 46.1 Å². The standard InChI is InChI=1S/C52H93NO5/c1-5-8-22-32-48(4)39-45-57-51(54)37-27-19-15-11-13-17-25-35-50(47-56-44-31-43-53-41-29-21-30-42-53)36-26-18-14-12-16-20-28-38-52(55)58-46-40-49(33-23-9-6-2)34-24-10-7-3/h33,48-50H,2,5,7-8,10-22,24-32,34-47H2,1,3-4H3. The summed E-state index contributed by atoms with van der Waals surface area (Å²) in [5, 5.41) is 0. The predicted molar refractivity (Wildman–Crippen MR) is 245 cm³/mol. The van der Waals surface area contributed by atoms with Gasteiger partial charge in [0.2, 0.25) is 0 Å². The summed E-state index contributed by atoms with van der Waals surface area (Å²) in [6.45, 7) is 16.9. The van der Waals surface area contributed by atoms with E-state index in [0.717, 1.165) is 64.6 Å². The fourth-order valence-corrected chi connectivity index (χ4v) is 8.21. The van der Waals surface area contributed by atoms with Gasteiger partial charge in [-0.3, -0.25) is 9.59 Å². The van der Waals surface area contributed by atoms with Crippen LogP contribution < -0.4 is 0 Å². The van der Waals surface area contributed by atoms with Crippen LogP contribution in [0.2, 0.25) is 0 Å². The van der Waals surface area contributed by atoms with Gasteiger partial charge in [0.05, 0.1) is 13.2 Å². The lowest BCUT2D eigenvalue weighted by Gasteiger charge is -2.26. The van der Waals surface area contributed by atoms with Crippen molar-refractivity contribution in [1.29, 1.82) is 0 Å². The van der Waals surface area contributed by atoms with Gasteiger partial charge in [0, 0.05) is 32.6 Å². The molecule has 0 bridgehead atoms. The molecule has 1 saturated heterocycles. The number of allylic oxidation sites excluding steroid dienone is 1. The predicted octanol–water partition coefficient (Wildman–Crippen LogP) is 14.4. The van der Waals surface area contributed by atoms with E-state index in [4.69, 9.17) is 14.2 Å². The first-order valence-electron chi connectivity index (χ1n) is 25.0. The number of hydrogen-bond donors (Lipinski definition) is 0. The minimum atomic E-state index is -0.0554. The van der Waals surface area contributed by atoms with E-state index in [1.54, 1.807) is 0 Å². The van der Waals surface area contributed by atoms with Crippen LogP contribution in [0.3, 0.4) is 0 Å². The van der Waals surface area contributed by atoms with Gasteiger partial charge in [-0.2, -0.15) is 0 Å². The lowest BCUT2D eigenvalue weighted by Crippen LogP contribution is -2.31. The lowest BCUT2D eigenvalue weighted by atomic mass is 9.94. The molecule has 3 atom stereocenters. The Labute approximate surface area is 359 Å². The van der Waals surface area contributed by atoms with E-state index in [2.05, 4.69) is 49.4 Å². The molecule has 1 rings (SSSR count). The molecule has 0 aromatic rings. The Morgan fingerprint density at radius 3 is 1.69 bits per heavy atom. The highest BCUT2D eigenvalue weighted by atomic mass is 16.5. The van der Waals surface area contributed by atoms with Crippen molar-refractivity contribution in [1.82, 2.24) is 4.90 Å². The largest absolute Gasteiger partial charge is 0.466 e. The van der Waals surface area contributed by atoms with Crippen molar-refractivity contribution < 1.29 is 23.8 Å². The molecular formula is C52H93NO5. The number of nitrogens with zero attached hydrogens (tertiary/aromatic N) is 1. The highest BCUT2D eigenvalue weighted by Gasteiger charge is 2.13. The first-order valence-corrected chi connectivity index (χ1v) is 25.0. The third-order valence-corrected chi connectivity index (χ3v) is 12.1. The summed E-state index contributed by atoms with van der Waals surface area (Å²) in [6, 6.07) is 0. The van der Waals surface area contributed by atoms with E-state index < -0.39 is 0 Å². The van der Waals surface area contributed by atoms with Crippen molar-refractivity contribution in [3.8, 4) is 0 Å². The number of likely N-dealkylation sites (tertiary alicyclic amines) is 1. The minimum absolute atomic E-state index is 0.00645. The SMILES string of the molecule is C=C=C=C=CC(CCCCC)CCOC(=O)CCCCCCCCCC(CCCCCCCCCC(=O)OCCC(C)CCCCC)COCCCN1CCCCC1. The van der Waals surface area contributed by atoms with Gasteiger partial charge in [-0.15, -0.1) is 0 Å². The van der Waals surface area contributed by atoms with Gasteiger partial charge in [0.25, 0.3) is 0 Å². The van der Waals surface area contributed by atoms with E-state index in [0.29, 0.717) is 43.8 Å². The van der Waals surface area contributed by atoms with E-state index in [1.165, 1.54) is 161 Å². The van der Waals surface area contributed by atoms with E-state index in [-0.39, 0.29) is 11.9 Å². The smallest absolute Gasteiger partial charge is 0.305 e. The maximum absolute atomic E-state index is 12.3. The Morgan fingerprint density at radius 1 is 0.603 bits per heavy atom. The maximum Gasteiger partial charge on any atom is 0.305 e. The Balaban J connectivity index is 2.19. The van der Waals surface area contributed by atoms with E-state index in [9.17, 15) is 9.59 Å². The van der Waals surface area contributed by atoms with E-state index in [1.807, 2.05) is 6.08 Å². The fraction of sp³-hybridized carbons (Fsp3) is 0.865. The van der Waals surface area contributed by atoms with Gasteiger partial charge < -0.3 is 19.1 Å². The van der Waals surface area contributed by atoms with Gasteiger partial charge >= 0.3 is 11.9 Å². The second kappa shape index (κ2) is 41.7. The molecule has 0 aliphatic carbocycles. The second-order valence-electron chi connectivity index (χ2n) is 17.7. The summed E-state index contributed by atoms with van der Waals surface area (Å²) >= 11 is 0. The van der Waals surface area contributed by atoms with Crippen molar-refractivity contribution >= 4 is 11.9 Å². The molecule has 6 nitrogen and oxygen atoms in total. The third kappa shape index (κ3) is 35.8. The zero-order chi connectivity index (χ0) is 42.0. The number of carbonyl (C=O) groups excluding carboxylic acids is 2. The normalized spacial score (nSPS) is 14.5. The van der Waals surface area contributed by atoms with Gasteiger partial charge in [0.15, 0.2) is 0 Å². The number of ether oxygens (including phenoxy) is 3. The molecule has 0 aromatic heterocycles. The Hall–Kier alpha value is -2.06. The average Bonchev–Trinajstić information content (AvgIpc) is 3.22. The molecule has 1 aliphatic heterocycles. The molecule has 0 saturated carbocycles. The maximum atomic E-state index is 12.3. The zero-order valence-corrected chi connectivity index (χ0v) is 38.6. The summed E-state index contributed by atoms with van der Waals surface area (Å²) in [5.74, 6) is 1.62. The molecule has 1 fully saturated rings. The van der Waals surface area contributed by atoms with Crippen molar-refractivity contribution in [3.05, 3.63) is 29.8 Å². The first-order chi connectivity index (χ1) is 28.5. The van der Waals surface area contributed by atoms with Crippen LogP contribution in [-0.4, -0.2) is 62.9 Å². The average molecular weight is 812 g/mol. The number of hydrogen-bond acceptors (Lipinski definition) is 6. The number of esters is 2. The number of carbonyl (C=O) groups is 2. The van der Waals surface area contributed by atoms with Crippen molar-refractivity contribution in [2.24, 2.45) is 17.8 Å². The van der Waals surface area contributed by atoms with Crippen LogP contribution >= 0.6 is 0 Å². The zero-order valence-electron chi connectivity index (χ0n) is 38.6. The van der Waals surface area contributed by atoms with Crippen molar-refractivity contribution in [3.63, 3.8) is 0 Å². The number of rotatable bonds is 41. The third-order valence-electron chi connectivity index (χ3n) is 12.1. The van der Waals surface area contributed by atoms with Crippen molar-refractivity contribution in [2.45, 2.75) is 226 Å².